The van der Waals surface area contributed by atoms with Crippen molar-refractivity contribution in [3.05, 3.63) is 29.8 Å². The van der Waals surface area contributed by atoms with E-state index < -0.39 is 0 Å². The van der Waals surface area contributed by atoms with E-state index in [9.17, 15) is 0 Å². The Kier molecular flexibility index (Phi) is 3.52. The summed E-state index contributed by atoms with van der Waals surface area (Å²) < 4.78 is 5.20. The van der Waals surface area contributed by atoms with Crippen molar-refractivity contribution in [3.8, 4) is 5.75 Å². The fourth-order valence-corrected chi connectivity index (χ4v) is 3.21. The Hall–Kier alpha value is -1.06. The summed E-state index contributed by atoms with van der Waals surface area (Å²) in [5, 5.41) is 3.65. The highest BCUT2D eigenvalue weighted by molar-refractivity contribution is 5.27. The van der Waals surface area contributed by atoms with Crippen molar-refractivity contribution < 1.29 is 4.74 Å². The van der Waals surface area contributed by atoms with Crippen LogP contribution in [0.2, 0.25) is 0 Å². The number of ether oxygens (including phenoxy) is 1. The Bertz CT molecular complexity index is 386. The third kappa shape index (κ3) is 2.52. The number of hydrogen-bond donors (Lipinski definition) is 1. The van der Waals surface area contributed by atoms with Gasteiger partial charge in [0.2, 0.25) is 0 Å². The Balaban J connectivity index is 1.68. The maximum atomic E-state index is 5.20. The van der Waals surface area contributed by atoms with Crippen molar-refractivity contribution in [2.75, 3.05) is 20.2 Å². The Labute approximate surface area is 109 Å². The zero-order valence-electron chi connectivity index (χ0n) is 11.1. The third-order valence-electron chi connectivity index (χ3n) is 4.27. The minimum atomic E-state index is 0.710. The number of piperidine rings is 1. The topological polar surface area (TPSA) is 24.5 Å². The molecule has 2 bridgehead atoms. The van der Waals surface area contributed by atoms with E-state index in [4.69, 9.17) is 4.74 Å². The number of fused-ring (bicyclic) bond motifs is 4. The molecule has 1 aromatic carbocycles. The van der Waals surface area contributed by atoms with Gasteiger partial charge in [0.1, 0.15) is 5.75 Å². The van der Waals surface area contributed by atoms with Gasteiger partial charge in [-0.1, -0.05) is 12.1 Å². The van der Waals surface area contributed by atoms with E-state index in [1.807, 2.05) is 0 Å². The molecule has 3 aliphatic rings. The second-order valence-electron chi connectivity index (χ2n) is 5.45. The van der Waals surface area contributed by atoms with E-state index in [0.29, 0.717) is 6.04 Å². The fraction of sp³-hybridized carbons (Fsp3) is 0.600. The maximum absolute atomic E-state index is 5.20. The van der Waals surface area contributed by atoms with Crippen LogP contribution in [0.25, 0.3) is 0 Å². The van der Waals surface area contributed by atoms with Crippen molar-refractivity contribution in [1.29, 1.82) is 0 Å². The molecule has 2 unspecified atom stereocenters. The summed E-state index contributed by atoms with van der Waals surface area (Å²) in [5.74, 6) is 0.942. The van der Waals surface area contributed by atoms with E-state index >= 15 is 0 Å². The van der Waals surface area contributed by atoms with Crippen LogP contribution in [0.1, 0.15) is 24.8 Å². The van der Waals surface area contributed by atoms with Crippen molar-refractivity contribution in [3.63, 3.8) is 0 Å². The van der Waals surface area contributed by atoms with E-state index in [0.717, 1.165) is 18.3 Å². The minimum Gasteiger partial charge on any atom is -0.497 e. The molecule has 2 atom stereocenters. The third-order valence-corrected chi connectivity index (χ3v) is 4.27. The molecule has 18 heavy (non-hydrogen) atoms. The highest BCUT2D eigenvalue weighted by Crippen LogP contribution is 2.25. The van der Waals surface area contributed by atoms with Crippen molar-refractivity contribution >= 4 is 0 Å². The van der Waals surface area contributed by atoms with Gasteiger partial charge in [-0.15, -0.1) is 0 Å². The lowest BCUT2D eigenvalue weighted by Gasteiger charge is -2.36. The Morgan fingerprint density at radius 3 is 2.83 bits per heavy atom. The Morgan fingerprint density at radius 2 is 2.06 bits per heavy atom. The highest BCUT2D eigenvalue weighted by atomic mass is 16.5. The van der Waals surface area contributed by atoms with Crippen LogP contribution in [-0.2, 0) is 6.54 Å². The first-order chi connectivity index (χ1) is 8.85. The largest absolute Gasteiger partial charge is 0.497 e. The summed E-state index contributed by atoms with van der Waals surface area (Å²) in [6.45, 7) is 3.47. The van der Waals surface area contributed by atoms with Gasteiger partial charge in [-0.05, 0) is 43.5 Å². The predicted octanol–water partition coefficient (Wildman–Crippen LogP) is 2.02. The van der Waals surface area contributed by atoms with E-state index in [1.165, 1.54) is 37.9 Å². The monoisotopic (exact) mass is 246 g/mol. The van der Waals surface area contributed by atoms with Crippen LogP contribution in [0, 0.1) is 0 Å². The first kappa shape index (κ1) is 12.0. The van der Waals surface area contributed by atoms with Crippen LogP contribution in [0.4, 0.5) is 0 Å². The van der Waals surface area contributed by atoms with Crippen LogP contribution in [-0.4, -0.2) is 37.2 Å². The summed E-state index contributed by atoms with van der Waals surface area (Å²) in [4.78, 5) is 2.65. The molecule has 3 heterocycles. The van der Waals surface area contributed by atoms with Crippen molar-refractivity contribution in [1.82, 2.24) is 10.2 Å². The maximum Gasteiger partial charge on any atom is 0.118 e. The van der Waals surface area contributed by atoms with Gasteiger partial charge in [-0.2, -0.15) is 0 Å². The molecule has 3 saturated heterocycles. The zero-order valence-corrected chi connectivity index (χ0v) is 11.1. The van der Waals surface area contributed by atoms with Crippen LogP contribution < -0.4 is 10.1 Å². The molecule has 0 saturated carbocycles. The molecule has 3 nitrogen and oxygen atoms in total. The summed E-state index contributed by atoms with van der Waals surface area (Å²) in [6.07, 6.45) is 4.00. The first-order valence-electron chi connectivity index (χ1n) is 6.95. The van der Waals surface area contributed by atoms with Crippen molar-refractivity contribution in [2.45, 2.75) is 37.9 Å². The lowest BCUT2D eigenvalue weighted by Crippen LogP contribution is -2.45. The molecule has 1 aromatic rings. The van der Waals surface area contributed by atoms with Gasteiger partial charge in [0, 0.05) is 25.2 Å². The summed E-state index contributed by atoms with van der Waals surface area (Å²) >= 11 is 0. The molecule has 0 spiro atoms. The number of methoxy groups -OCH3 is 1. The van der Waals surface area contributed by atoms with E-state index in [1.54, 1.807) is 7.11 Å². The van der Waals surface area contributed by atoms with Gasteiger partial charge in [0.05, 0.1) is 7.11 Å². The highest BCUT2D eigenvalue weighted by Gasteiger charge is 2.30. The molecule has 98 valence electrons. The summed E-state index contributed by atoms with van der Waals surface area (Å²) in [6, 6.07) is 9.98. The second kappa shape index (κ2) is 5.29. The number of nitrogens with zero attached hydrogens (tertiary/aromatic N) is 1. The SMILES string of the molecule is COc1ccc(CN2CC3CCC2CCN3)cc1. The van der Waals surface area contributed by atoms with Crippen LogP contribution >= 0.6 is 0 Å². The van der Waals surface area contributed by atoms with Gasteiger partial charge in [-0.3, -0.25) is 4.90 Å². The van der Waals surface area contributed by atoms with Crippen LogP contribution in [0.15, 0.2) is 24.3 Å². The molecule has 0 aromatic heterocycles. The molecular formula is C15H22N2O. The molecule has 0 amide bonds. The molecule has 3 aliphatic heterocycles. The zero-order chi connectivity index (χ0) is 12.4. The molecule has 0 aliphatic carbocycles. The summed E-state index contributed by atoms with van der Waals surface area (Å²) in [5.41, 5.74) is 1.39. The number of rotatable bonds is 3. The molecule has 3 heteroatoms. The predicted molar refractivity (Wildman–Crippen MR) is 72.8 cm³/mol. The first-order valence-corrected chi connectivity index (χ1v) is 6.95. The van der Waals surface area contributed by atoms with Crippen LogP contribution in [0.5, 0.6) is 5.75 Å². The number of hydrogen-bond acceptors (Lipinski definition) is 3. The lowest BCUT2D eigenvalue weighted by molar-refractivity contribution is 0.135. The van der Waals surface area contributed by atoms with Gasteiger partial charge >= 0.3 is 0 Å². The summed E-state index contributed by atoms with van der Waals surface area (Å²) in [7, 11) is 1.72. The normalized spacial score (nSPS) is 28.1. The smallest absolute Gasteiger partial charge is 0.118 e. The minimum absolute atomic E-state index is 0.710. The fourth-order valence-electron chi connectivity index (χ4n) is 3.21. The average Bonchev–Trinajstić information content (AvgIpc) is 2.75. The van der Waals surface area contributed by atoms with Crippen molar-refractivity contribution in [2.24, 2.45) is 0 Å². The van der Waals surface area contributed by atoms with E-state index in [2.05, 4.69) is 34.5 Å². The number of nitrogens with one attached hydrogen (secondary N) is 1. The second-order valence-corrected chi connectivity index (χ2v) is 5.45. The van der Waals surface area contributed by atoms with Gasteiger partial charge in [-0.25, -0.2) is 0 Å². The standard InChI is InChI=1S/C15H22N2O/c1-18-15-6-2-12(3-7-15)10-17-11-13-4-5-14(17)8-9-16-13/h2-3,6-7,13-14,16H,4-5,8-11H2,1H3. The molecule has 0 radical (unpaired) electrons. The molecule has 3 fully saturated rings. The Morgan fingerprint density at radius 1 is 1.22 bits per heavy atom. The van der Waals surface area contributed by atoms with E-state index in [-0.39, 0.29) is 0 Å². The molecule has 4 rings (SSSR count). The quantitative estimate of drug-likeness (QED) is 0.883. The van der Waals surface area contributed by atoms with Gasteiger partial charge in [0.25, 0.3) is 0 Å². The molecular weight excluding hydrogens is 224 g/mol. The average molecular weight is 246 g/mol. The molecule has 1 N–H and O–H groups in total. The van der Waals surface area contributed by atoms with Gasteiger partial charge < -0.3 is 10.1 Å². The lowest BCUT2D eigenvalue weighted by atomic mass is 9.98. The van der Waals surface area contributed by atoms with Crippen LogP contribution in [0.3, 0.4) is 0 Å². The number of benzene rings is 1. The van der Waals surface area contributed by atoms with Gasteiger partial charge in [0.15, 0.2) is 0 Å².